The Balaban J connectivity index is 1.67. The van der Waals surface area contributed by atoms with Crippen LogP contribution >= 0.6 is 11.8 Å². The van der Waals surface area contributed by atoms with Gasteiger partial charge in [0.1, 0.15) is 11.4 Å². The molecular formula is C14H19N5O2S. The lowest BCUT2D eigenvalue weighted by Gasteiger charge is -2.35. The highest BCUT2D eigenvalue weighted by Crippen LogP contribution is 2.24. The van der Waals surface area contributed by atoms with E-state index in [0.29, 0.717) is 18.8 Å². The average molecular weight is 321 g/mol. The van der Waals surface area contributed by atoms with Gasteiger partial charge in [0, 0.05) is 20.1 Å². The Morgan fingerprint density at radius 1 is 1.36 bits per heavy atom. The van der Waals surface area contributed by atoms with Gasteiger partial charge in [-0.25, -0.2) is 9.97 Å². The Morgan fingerprint density at radius 3 is 2.82 bits per heavy atom. The van der Waals surface area contributed by atoms with Crippen molar-refractivity contribution in [1.29, 1.82) is 0 Å². The smallest absolute Gasteiger partial charge is 0.233 e. The number of carbonyl (C=O) groups is 1. The van der Waals surface area contributed by atoms with Crippen molar-refractivity contribution in [3.8, 4) is 0 Å². The highest BCUT2D eigenvalue weighted by molar-refractivity contribution is 8.00. The molecule has 0 spiro atoms. The van der Waals surface area contributed by atoms with Crippen LogP contribution in [-0.4, -0.2) is 61.6 Å². The summed E-state index contributed by atoms with van der Waals surface area (Å²) < 4.78 is 7.36. The van der Waals surface area contributed by atoms with Crippen LogP contribution in [-0.2, 0) is 16.6 Å². The van der Waals surface area contributed by atoms with Crippen LogP contribution in [0.4, 0.5) is 0 Å². The highest BCUT2D eigenvalue weighted by Gasteiger charge is 2.26. The summed E-state index contributed by atoms with van der Waals surface area (Å²) in [5, 5.41) is 5.86. The number of hydrogen-bond acceptors (Lipinski definition) is 6. The summed E-state index contributed by atoms with van der Waals surface area (Å²) in [5.41, 5.74) is 0.776. The van der Waals surface area contributed by atoms with Gasteiger partial charge < -0.3 is 9.64 Å². The van der Waals surface area contributed by atoms with Crippen LogP contribution in [0.15, 0.2) is 17.6 Å². The number of amides is 1. The Labute approximate surface area is 133 Å². The monoisotopic (exact) mass is 321 g/mol. The maximum atomic E-state index is 12.4. The number of carbonyl (C=O) groups excluding carboxylic acids is 1. The number of morpholine rings is 1. The lowest BCUT2D eigenvalue weighted by atomic mass is 10.2. The van der Waals surface area contributed by atoms with Crippen molar-refractivity contribution >= 4 is 28.7 Å². The molecule has 1 aliphatic heterocycles. The molecule has 2 atom stereocenters. The van der Waals surface area contributed by atoms with E-state index in [1.807, 2.05) is 25.8 Å². The molecule has 0 N–H and O–H groups in total. The second-order valence-electron chi connectivity index (χ2n) is 5.53. The van der Waals surface area contributed by atoms with E-state index >= 15 is 0 Å². The van der Waals surface area contributed by atoms with Gasteiger partial charge in [-0.05, 0) is 13.8 Å². The zero-order valence-electron chi connectivity index (χ0n) is 12.9. The molecule has 3 heterocycles. The molecule has 2 aromatic rings. The Bertz CT molecular complexity index is 679. The van der Waals surface area contributed by atoms with E-state index in [4.69, 9.17) is 4.74 Å². The molecule has 0 radical (unpaired) electrons. The predicted molar refractivity (Wildman–Crippen MR) is 83.6 cm³/mol. The topological polar surface area (TPSA) is 73.1 Å². The predicted octanol–water partition coefficient (Wildman–Crippen LogP) is 1.09. The Hall–Kier alpha value is -1.67. The molecule has 8 heteroatoms. The van der Waals surface area contributed by atoms with E-state index in [9.17, 15) is 4.79 Å². The summed E-state index contributed by atoms with van der Waals surface area (Å²) in [5.74, 6) is 0.475. The van der Waals surface area contributed by atoms with Crippen LogP contribution in [0, 0.1) is 0 Å². The summed E-state index contributed by atoms with van der Waals surface area (Å²) in [6.45, 7) is 5.28. The first-order chi connectivity index (χ1) is 10.5. The number of ether oxygens (including phenoxy) is 1. The normalized spacial score (nSPS) is 22.2. The third-order valence-corrected chi connectivity index (χ3v) is 4.59. The van der Waals surface area contributed by atoms with Gasteiger partial charge in [-0.2, -0.15) is 5.10 Å². The van der Waals surface area contributed by atoms with Crippen molar-refractivity contribution in [2.75, 3.05) is 18.8 Å². The number of fused-ring (bicyclic) bond motifs is 1. The highest BCUT2D eigenvalue weighted by atomic mass is 32.2. The molecule has 0 bridgehead atoms. The molecule has 1 saturated heterocycles. The second-order valence-corrected chi connectivity index (χ2v) is 6.49. The van der Waals surface area contributed by atoms with Crippen molar-refractivity contribution in [2.45, 2.75) is 31.1 Å². The van der Waals surface area contributed by atoms with E-state index in [1.165, 1.54) is 18.1 Å². The molecule has 0 aliphatic carbocycles. The minimum atomic E-state index is 0.0850. The molecule has 0 aromatic carbocycles. The number of hydrogen-bond donors (Lipinski definition) is 0. The third-order valence-electron chi connectivity index (χ3n) is 3.60. The summed E-state index contributed by atoms with van der Waals surface area (Å²) in [4.78, 5) is 22.7. The van der Waals surface area contributed by atoms with Gasteiger partial charge in [-0.15, -0.1) is 0 Å². The van der Waals surface area contributed by atoms with E-state index < -0.39 is 0 Å². The molecule has 22 heavy (non-hydrogen) atoms. The maximum absolute atomic E-state index is 12.4. The lowest BCUT2D eigenvalue weighted by molar-refractivity contribution is -0.140. The van der Waals surface area contributed by atoms with Gasteiger partial charge in [-0.1, -0.05) is 11.8 Å². The summed E-state index contributed by atoms with van der Waals surface area (Å²) in [7, 11) is 1.84. The fraction of sp³-hybridized carbons (Fsp3) is 0.571. The van der Waals surface area contributed by atoms with Gasteiger partial charge in [0.05, 0.1) is 29.5 Å². The maximum Gasteiger partial charge on any atom is 0.233 e. The van der Waals surface area contributed by atoms with Crippen LogP contribution in [0.2, 0.25) is 0 Å². The molecule has 1 amide bonds. The minimum absolute atomic E-state index is 0.0850. The van der Waals surface area contributed by atoms with Crippen LogP contribution in [0.25, 0.3) is 11.0 Å². The molecule has 3 rings (SSSR count). The van der Waals surface area contributed by atoms with Crippen molar-refractivity contribution < 1.29 is 9.53 Å². The summed E-state index contributed by atoms with van der Waals surface area (Å²) in [6, 6.07) is 0. The van der Waals surface area contributed by atoms with Crippen molar-refractivity contribution in [3.63, 3.8) is 0 Å². The van der Waals surface area contributed by atoms with Crippen LogP contribution in [0.1, 0.15) is 13.8 Å². The number of aryl methyl sites for hydroxylation is 1. The van der Waals surface area contributed by atoms with Gasteiger partial charge >= 0.3 is 0 Å². The average Bonchev–Trinajstić information content (AvgIpc) is 2.86. The number of thioether (sulfide) groups is 1. The third kappa shape index (κ3) is 3.07. The molecule has 7 nitrogen and oxygen atoms in total. The van der Waals surface area contributed by atoms with Crippen molar-refractivity contribution in [3.05, 3.63) is 12.5 Å². The van der Waals surface area contributed by atoms with Gasteiger partial charge in [0.2, 0.25) is 5.91 Å². The van der Waals surface area contributed by atoms with E-state index in [2.05, 4.69) is 15.1 Å². The second kappa shape index (κ2) is 6.21. The molecule has 118 valence electrons. The van der Waals surface area contributed by atoms with Crippen molar-refractivity contribution in [2.24, 2.45) is 7.05 Å². The van der Waals surface area contributed by atoms with E-state index in [0.717, 1.165) is 16.1 Å². The molecule has 1 aliphatic rings. The SMILES string of the molecule is C[C@H]1CN(C(=O)CSc2ncnc3c2cnn3C)C[C@H](C)O1. The fourth-order valence-electron chi connectivity index (χ4n) is 2.66. The molecule has 0 saturated carbocycles. The molecule has 2 aromatic heterocycles. The fourth-order valence-corrected chi connectivity index (χ4v) is 3.52. The van der Waals surface area contributed by atoms with Crippen molar-refractivity contribution in [1.82, 2.24) is 24.6 Å². The first-order valence-electron chi connectivity index (χ1n) is 7.23. The van der Waals surface area contributed by atoms with Gasteiger partial charge in [0.25, 0.3) is 0 Å². The Kier molecular flexibility index (Phi) is 4.30. The van der Waals surface area contributed by atoms with E-state index in [1.54, 1.807) is 10.9 Å². The van der Waals surface area contributed by atoms with Crippen LogP contribution in [0.5, 0.6) is 0 Å². The number of aromatic nitrogens is 4. The quantitative estimate of drug-likeness (QED) is 0.622. The van der Waals surface area contributed by atoms with Gasteiger partial charge in [-0.3, -0.25) is 9.48 Å². The standard InChI is InChI=1S/C14H19N5O2S/c1-9-5-19(6-10(2)21-9)12(20)7-22-14-11-4-17-18(3)13(11)15-8-16-14/h4,8-10H,5-7H2,1-3H3/t9-,10-/m0/s1. The van der Waals surface area contributed by atoms with Gasteiger partial charge in [0.15, 0.2) is 5.65 Å². The first kappa shape index (κ1) is 15.2. The van der Waals surface area contributed by atoms with E-state index in [-0.39, 0.29) is 18.1 Å². The summed E-state index contributed by atoms with van der Waals surface area (Å²) in [6.07, 6.45) is 3.42. The zero-order valence-corrected chi connectivity index (χ0v) is 13.7. The van der Waals surface area contributed by atoms with Crippen LogP contribution < -0.4 is 0 Å². The summed E-state index contributed by atoms with van der Waals surface area (Å²) >= 11 is 1.43. The first-order valence-corrected chi connectivity index (χ1v) is 8.22. The molecular weight excluding hydrogens is 302 g/mol. The largest absolute Gasteiger partial charge is 0.372 e. The number of rotatable bonds is 3. The number of nitrogens with zero attached hydrogens (tertiary/aromatic N) is 5. The lowest BCUT2D eigenvalue weighted by Crippen LogP contribution is -2.48. The zero-order chi connectivity index (χ0) is 15.7. The van der Waals surface area contributed by atoms with Crippen LogP contribution in [0.3, 0.4) is 0 Å². The molecule has 1 fully saturated rings. The minimum Gasteiger partial charge on any atom is -0.372 e. The Morgan fingerprint density at radius 2 is 2.09 bits per heavy atom. The molecule has 0 unspecified atom stereocenters.